The van der Waals surface area contributed by atoms with E-state index in [1.54, 1.807) is 6.07 Å². The molecule has 1 aromatic rings. The Morgan fingerprint density at radius 1 is 1.38 bits per heavy atom. The summed E-state index contributed by atoms with van der Waals surface area (Å²) in [5.41, 5.74) is 0.794. The summed E-state index contributed by atoms with van der Waals surface area (Å²) >= 11 is 0. The monoisotopic (exact) mass is 333 g/mol. The Hall–Kier alpha value is -2.24. The summed E-state index contributed by atoms with van der Waals surface area (Å²) in [7, 11) is 0. The molecule has 0 radical (unpaired) electrons. The van der Waals surface area contributed by atoms with E-state index in [9.17, 15) is 9.59 Å². The van der Waals surface area contributed by atoms with E-state index in [0.717, 1.165) is 18.4 Å². The second-order valence-electron chi connectivity index (χ2n) is 7.12. The van der Waals surface area contributed by atoms with Crippen molar-refractivity contribution in [3.8, 4) is 11.5 Å². The molecule has 1 aromatic carbocycles. The number of hydrogen-bond acceptors (Lipinski definition) is 4. The summed E-state index contributed by atoms with van der Waals surface area (Å²) in [4.78, 5) is 23.3. The first-order valence-electron chi connectivity index (χ1n) is 8.31. The van der Waals surface area contributed by atoms with Gasteiger partial charge in [-0.2, -0.15) is 0 Å². The van der Waals surface area contributed by atoms with Gasteiger partial charge < -0.3 is 19.9 Å². The molecule has 2 atom stereocenters. The van der Waals surface area contributed by atoms with Crippen molar-refractivity contribution < 1.29 is 24.2 Å². The number of rotatable bonds is 5. The molecule has 2 aliphatic rings. The maximum atomic E-state index is 12.1. The first-order valence-corrected chi connectivity index (χ1v) is 8.31. The predicted molar refractivity (Wildman–Crippen MR) is 87.3 cm³/mol. The molecule has 3 rings (SSSR count). The summed E-state index contributed by atoms with van der Waals surface area (Å²) in [5, 5.41) is 11.9. The van der Waals surface area contributed by atoms with Crippen molar-refractivity contribution in [3.05, 3.63) is 23.8 Å². The van der Waals surface area contributed by atoms with Crippen LogP contribution < -0.4 is 14.8 Å². The number of para-hydroxylation sites is 1. The largest absolute Gasteiger partial charge is 0.483 e. The molecule has 130 valence electrons. The molecular formula is C18H23NO5. The number of carbonyl (C=O) groups is 2. The van der Waals surface area contributed by atoms with Crippen LogP contribution in [0.25, 0.3) is 0 Å². The second-order valence-corrected chi connectivity index (χ2v) is 7.12. The van der Waals surface area contributed by atoms with Gasteiger partial charge in [-0.15, -0.1) is 0 Å². The van der Waals surface area contributed by atoms with E-state index in [0.29, 0.717) is 24.3 Å². The van der Waals surface area contributed by atoms with Gasteiger partial charge in [-0.3, -0.25) is 9.59 Å². The molecule has 1 amide bonds. The molecule has 1 aliphatic carbocycles. The molecule has 0 unspecified atom stereocenters. The first-order chi connectivity index (χ1) is 11.4. The minimum atomic E-state index is -0.852. The fourth-order valence-corrected chi connectivity index (χ4v) is 3.52. The van der Waals surface area contributed by atoms with Crippen molar-refractivity contribution in [2.75, 3.05) is 6.61 Å². The number of carbonyl (C=O) groups excluding carboxylic acids is 1. The minimum Gasteiger partial charge on any atom is -0.483 e. The maximum Gasteiger partial charge on any atom is 0.308 e. The van der Waals surface area contributed by atoms with Gasteiger partial charge in [-0.05, 0) is 32.8 Å². The number of fused-ring (bicyclic) bond motifs is 1. The Kier molecular flexibility index (Phi) is 4.39. The maximum absolute atomic E-state index is 12.1. The van der Waals surface area contributed by atoms with Crippen LogP contribution in [-0.2, 0) is 16.0 Å². The van der Waals surface area contributed by atoms with Crippen LogP contribution in [0.1, 0.15) is 38.7 Å². The first kappa shape index (κ1) is 16.6. The lowest BCUT2D eigenvalue weighted by Crippen LogP contribution is -2.42. The lowest BCUT2D eigenvalue weighted by molar-refractivity contribution is -0.142. The lowest BCUT2D eigenvalue weighted by Gasteiger charge is -2.19. The fraction of sp³-hybridized carbons (Fsp3) is 0.556. The average Bonchev–Trinajstić information content (AvgIpc) is 3.07. The van der Waals surface area contributed by atoms with Gasteiger partial charge in [0, 0.05) is 18.0 Å². The molecule has 6 nitrogen and oxygen atoms in total. The van der Waals surface area contributed by atoms with E-state index < -0.39 is 11.9 Å². The molecule has 0 spiro atoms. The zero-order valence-electron chi connectivity index (χ0n) is 14.0. The lowest BCUT2D eigenvalue weighted by atomic mass is 10.0. The van der Waals surface area contributed by atoms with Gasteiger partial charge in [-0.1, -0.05) is 18.6 Å². The van der Waals surface area contributed by atoms with E-state index in [1.165, 1.54) is 0 Å². The highest BCUT2D eigenvalue weighted by Crippen LogP contribution is 2.41. The fourth-order valence-electron chi connectivity index (χ4n) is 3.52. The number of aliphatic carboxylic acids is 1. The van der Waals surface area contributed by atoms with Crippen LogP contribution >= 0.6 is 0 Å². The zero-order valence-corrected chi connectivity index (χ0v) is 14.0. The topological polar surface area (TPSA) is 84.9 Å². The van der Waals surface area contributed by atoms with E-state index in [1.807, 2.05) is 26.0 Å². The molecule has 0 saturated heterocycles. The van der Waals surface area contributed by atoms with Crippen LogP contribution in [0.3, 0.4) is 0 Å². The Bertz CT molecular complexity index is 655. The molecule has 0 bridgehead atoms. The van der Waals surface area contributed by atoms with Gasteiger partial charge in [0.15, 0.2) is 18.1 Å². The normalized spacial score (nSPS) is 24.1. The second kappa shape index (κ2) is 6.34. The molecule has 1 saturated carbocycles. The van der Waals surface area contributed by atoms with E-state index >= 15 is 0 Å². The molecular weight excluding hydrogens is 310 g/mol. The van der Waals surface area contributed by atoms with Gasteiger partial charge in [0.2, 0.25) is 0 Å². The van der Waals surface area contributed by atoms with Crippen molar-refractivity contribution in [1.29, 1.82) is 0 Å². The number of benzene rings is 1. The Balaban J connectivity index is 1.58. The third kappa shape index (κ3) is 3.47. The predicted octanol–water partition coefficient (Wildman–Crippen LogP) is 2.15. The van der Waals surface area contributed by atoms with Gasteiger partial charge in [-0.25, -0.2) is 0 Å². The zero-order chi connectivity index (χ0) is 17.3. The highest BCUT2D eigenvalue weighted by atomic mass is 16.5. The summed E-state index contributed by atoms with van der Waals surface area (Å²) in [6, 6.07) is 5.35. The number of hydrogen-bond donors (Lipinski definition) is 2. The summed E-state index contributed by atoms with van der Waals surface area (Å²) in [5.74, 6) is -0.411. The number of ether oxygens (including phenoxy) is 2. The highest BCUT2D eigenvalue weighted by molar-refractivity contribution is 5.79. The quantitative estimate of drug-likeness (QED) is 0.862. The van der Waals surface area contributed by atoms with Crippen LogP contribution in [0.5, 0.6) is 11.5 Å². The van der Waals surface area contributed by atoms with E-state index in [2.05, 4.69) is 5.32 Å². The van der Waals surface area contributed by atoms with Gasteiger partial charge in [0.1, 0.15) is 5.60 Å². The van der Waals surface area contributed by atoms with Gasteiger partial charge in [0.05, 0.1) is 5.92 Å². The SMILES string of the molecule is CC1(C)Cc2cccc(OCC(=O)N[C@@H]3CCC[C@@H]3C(=O)O)c2O1. The molecule has 6 heteroatoms. The standard InChI is InChI=1S/C18H23NO5/c1-18(2)9-11-5-3-8-14(16(11)24-18)23-10-15(20)19-13-7-4-6-12(13)17(21)22/h3,5,8,12-13H,4,6-7,9-10H2,1-2H3,(H,19,20)(H,21,22)/t12-,13+/m0/s1. The Labute approximate surface area is 141 Å². The van der Waals surface area contributed by atoms with Crippen LogP contribution in [0.2, 0.25) is 0 Å². The van der Waals surface area contributed by atoms with E-state index in [4.69, 9.17) is 14.6 Å². The van der Waals surface area contributed by atoms with Crippen molar-refractivity contribution >= 4 is 11.9 Å². The average molecular weight is 333 g/mol. The summed E-state index contributed by atoms with van der Waals surface area (Å²) in [6.07, 6.45) is 2.92. The number of amides is 1. The smallest absolute Gasteiger partial charge is 0.308 e. The third-order valence-electron chi connectivity index (χ3n) is 4.59. The number of carboxylic acids is 1. The molecule has 0 aromatic heterocycles. The molecule has 24 heavy (non-hydrogen) atoms. The van der Waals surface area contributed by atoms with Crippen molar-refractivity contribution in [2.24, 2.45) is 5.92 Å². The van der Waals surface area contributed by atoms with Crippen LogP contribution in [-0.4, -0.2) is 35.2 Å². The third-order valence-corrected chi connectivity index (χ3v) is 4.59. The highest BCUT2D eigenvalue weighted by Gasteiger charge is 2.34. The summed E-state index contributed by atoms with van der Waals surface area (Å²) < 4.78 is 11.5. The van der Waals surface area contributed by atoms with E-state index in [-0.39, 0.29) is 24.2 Å². The van der Waals surface area contributed by atoms with Gasteiger partial charge in [0.25, 0.3) is 5.91 Å². The van der Waals surface area contributed by atoms with Crippen LogP contribution in [0.15, 0.2) is 18.2 Å². The van der Waals surface area contributed by atoms with Crippen molar-refractivity contribution in [3.63, 3.8) is 0 Å². The molecule has 1 fully saturated rings. The van der Waals surface area contributed by atoms with Crippen LogP contribution in [0, 0.1) is 5.92 Å². The van der Waals surface area contributed by atoms with Crippen LogP contribution in [0.4, 0.5) is 0 Å². The number of nitrogens with one attached hydrogen (secondary N) is 1. The summed E-state index contributed by atoms with van der Waals surface area (Å²) in [6.45, 7) is 3.87. The Morgan fingerprint density at radius 2 is 2.17 bits per heavy atom. The molecule has 1 heterocycles. The van der Waals surface area contributed by atoms with Crippen molar-refractivity contribution in [1.82, 2.24) is 5.32 Å². The molecule has 2 N–H and O–H groups in total. The molecule has 1 aliphatic heterocycles. The Morgan fingerprint density at radius 3 is 2.92 bits per heavy atom. The van der Waals surface area contributed by atoms with Crippen molar-refractivity contribution in [2.45, 2.75) is 51.2 Å². The number of carboxylic acid groups (broad SMARTS) is 1. The van der Waals surface area contributed by atoms with Gasteiger partial charge >= 0.3 is 5.97 Å². The minimum absolute atomic E-state index is 0.150.